The number of aromatic nitrogens is 2. The molecule has 1 aliphatic rings. The van der Waals surface area contributed by atoms with Gasteiger partial charge in [-0.2, -0.15) is 18.3 Å². The van der Waals surface area contributed by atoms with Gasteiger partial charge < -0.3 is 10.6 Å². The average Bonchev–Trinajstić information content (AvgIpc) is 3.10. The van der Waals surface area contributed by atoms with Gasteiger partial charge in [-0.25, -0.2) is 4.68 Å². The summed E-state index contributed by atoms with van der Waals surface area (Å²) in [7, 11) is 0. The Hall–Kier alpha value is -3.00. The molecule has 2 N–H and O–H groups in total. The van der Waals surface area contributed by atoms with Crippen molar-refractivity contribution in [2.75, 3.05) is 10.6 Å². The summed E-state index contributed by atoms with van der Waals surface area (Å²) in [5.41, 5.74) is 3.07. The van der Waals surface area contributed by atoms with Crippen LogP contribution in [0.5, 0.6) is 0 Å². The minimum absolute atomic E-state index is 0.0901. The summed E-state index contributed by atoms with van der Waals surface area (Å²) in [6.45, 7) is 3.79. The number of halogens is 4. The molecule has 1 amide bonds. The first-order valence-corrected chi connectivity index (χ1v) is 10.1. The lowest BCUT2D eigenvalue weighted by molar-refractivity contribution is -0.173. The molecule has 4 rings (SSSR count). The molecule has 5 nitrogen and oxygen atoms in total. The molecule has 31 heavy (non-hydrogen) atoms. The molecular weight excluding hydrogens is 429 g/mol. The molecule has 1 aromatic heterocycles. The molecule has 0 fully saturated rings. The summed E-state index contributed by atoms with van der Waals surface area (Å²) in [5, 5.41) is 10.3. The van der Waals surface area contributed by atoms with Crippen LogP contribution in [0, 0.1) is 13.8 Å². The standard InChI is InChI=1S/C22H20ClF3N4O/c1-12-7-13(2)9-16(8-12)27-21(31)18-11-20-28-17(14-3-5-15(23)6-4-14)10-19(22(24,25)26)30(20)29-18/h3-9,11,17,19,28H,10H2,1-2H3,(H,27,31)/t17-,19-/m0/s1. The van der Waals surface area contributed by atoms with Gasteiger partial charge in [-0.1, -0.05) is 29.8 Å². The number of hydrogen-bond donors (Lipinski definition) is 2. The van der Waals surface area contributed by atoms with Crippen LogP contribution < -0.4 is 10.6 Å². The Balaban J connectivity index is 1.64. The van der Waals surface area contributed by atoms with Gasteiger partial charge in [0.05, 0.1) is 6.04 Å². The number of amides is 1. The number of carbonyl (C=O) groups is 1. The summed E-state index contributed by atoms with van der Waals surface area (Å²) in [6.07, 6.45) is -4.77. The fourth-order valence-electron chi connectivity index (χ4n) is 3.84. The highest BCUT2D eigenvalue weighted by Gasteiger charge is 2.46. The summed E-state index contributed by atoms with van der Waals surface area (Å²) in [5.74, 6) is -0.434. The Morgan fingerprint density at radius 1 is 1.13 bits per heavy atom. The highest BCUT2D eigenvalue weighted by atomic mass is 35.5. The van der Waals surface area contributed by atoms with Crippen molar-refractivity contribution < 1.29 is 18.0 Å². The quantitative estimate of drug-likeness (QED) is 0.511. The predicted octanol–water partition coefficient (Wildman–Crippen LogP) is 6.07. The van der Waals surface area contributed by atoms with E-state index in [4.69, 9.17) is 11.6 Å². The van der Waals surface area contributed by atoms with Crippen LogP contribution in [0.25, 0.3) is 0 Å². The first-order chi connectivity index (χ1) is 14.6. The van der Waals surface area contributed by atoms with Gasteiger partial charge in [0.15, 0.2) is 11.7 Å². The third-order valence-electron chi connectivity index (χ3n) is 5.17. The van der Waals surface area contributed by atoms with E-state index in [0.29, 0.717) is 16.3 Å². The first kappa shape index (κ1) is 21.2. The normalized spacial score (nSPS) is 18.3. The predicted molar refractivity (Wildman–Crippen MR) is 114 cm³/mol. The minimum atomic E-state index is -4.52. The van der Waals surface area contributed by atoms with Gasteiger partial charge in [0.1, 0.15) is 5.82 Å². The van der Waals surface area contributed by atoms with Crippen molar-refractivity contribution in [2.24, 2.45) is 0 Å². The number of rotatable bonds is 3. The van der Waals surface area contributed by atoms with Gasteiger partial charge in [-0.3, -0.25) is 4.79 Å². The number of anilines is 2. The molecule has 2 heterocycles. The lowest BCUT2D eigenvalue weighted by Gasteiger charge is -2.33. The zero-order valence-corrected chi connectivity index (χ0v) is 17.6. The average molecular weight is 449 g/mol. The van der Waals surface area contributed by atoms with Crippen molar-refractivity contribution >= 4 is 29.0 Å². The Morgan fingerprint density at radius 2 is 1.77 bits per heavy atom. The SMILES string of the molecule is Cc1cc(C)cc(NC(=O)c2cc3n(n2)[C@H](C(F)(F)F)C[C@@H](c2ccc(Cl)cc2)N3)c1. The lowest BCUT2D eigenvalue weighted by Crippen LogP contribution is -2.35. The summed E-state index contributed by atoms with van der Waals surface area (Å²) in [4.78, 5) is 12.7. The van der Waals surface area contributed by atoms with E-state index in [-0.39, 0.29) is 17.9 Å². The molecule has 2 aromatic carbocycles. The molecule has 0 saturated carbocycles. The second-order valence-corrected chi connectivity index (χ2v) is 8.17. The number of alkyl halides is 3. The zero-order chi connectivity index (χ0) is 22.3. The lowest BCUT2D eigenvalue weighted by atomic mass is 9.97. The number of nitrogens with zero attached hydrogens (tertiary/aromatic N) is 2. The maximum absolute atomic E-state index is 13.8. The Kier molecular flexibility index (Phi) is 5.43. The molecule has 0 spiro atoms. The van der Waals surface area contributed by atoms with Gasteiger partial charge in [0.2, 0.25) is 0 Å². The van der Waals surface area contributed by atoms with Gasteiger partial charge in [0, 0.05) is 23.2 Å². The van der Waals surface area contributed by atoms with Crippen molar-refractivity contribution in [3.05, 3.63) is 75.9 Å². The largest absolute Gasteiger partial charge is 0.410 e. The van der Waals surface area contributed by atoms with E-state index in [1.807, 2.05) is 19.9 Å². The van der Waals surface area contributed by atoms with Crippen molar-refractivity contribution in [2.45, 2.75) is 38.5 Å². The van der Waals surface area contributed by atoms with Crippen LogP contribution in [0.2, 0.25) is 5.02 Å². The number of hydrogen-bond acceptors (Lipinski definition) is 3. The van der Waals surface area contributed by atoms with Crippen molar-refractivity contribution in [3.63, 3.8) is 0 Å². The topological polar surface area (TPSA) is 59.0 Å². The highest BCUT2D eigenvalue weighted by molar-refractivity contribution is 6.30. The van der Waals surface area contributed by atoms with Crippen LogP contribution in [0.1, 0.15) is 45.7 Å². The van der Waals surface area contributed by atoms with Gasteiger partial charge in [-0.05, 0) is 54.8 Å². The number of benzene rings is 2. The molecule has 2 atom stereocenters. The van der Waals surface area contributed by atoms with E-state index in [2.05, 4.69) is 15.7 Å². The Morgan fingerprint density at radius 3 is 2.39 bits per heavy atom. The first-order valence-electron chi connectivity index (χ1n) is 9.68. The van der Waals surface area contributed by atoms with Crippen molar-refractivity contribution in [3.8, 4) is 0 Å². The van der Waals surface area contributed by atoms with E-state index in [0.717, 1.165) is 15.8 Å². The second-order valence-electron chi connectivity index (χ2n) is 7.73. The van der Waals surface area contributed by atoms with Gasteiger partial charge >= 0.3 is 6.18 Å². The van der Waals surface area contributed by atoms with E-state index in [9.17, 15) is 18.0 Å². The van der Waals surface area contributed by atoms with Crippen LogP contribution in [-0.4, -0.2) is 21.9 Å². The molecule has 0 aliphatic carbocycles. The highest BCUT2D eigenvalue weighted by Crippen LogP contribution is 2.43. The molecule has 0 radical (unpaired) electrons. The van der Waals surface area contributed by atoms with E-state index < -0.39 is 24.2 Å². The molecule has 0 bridgehead atoms. The smallest absolute Gasteiger partial charge is 0.363 e. The molecule has 9 heteroatoms. The maximum Gasteiger partial charge on any atom is 0.410 e. The Labute approximate surface area is 182 Å². The van der Waals surface area contributed by atoms with Crippen LogP contribution in [-0.2, 0) is 0 Å². The molecule has 0 saturated heterocycles. The molecule has 162 valence electrons. The Bertz CT molecular complexity index is 1100. The van der Waals surface area contributed by atoms with Crippen LogP contribution >= 0.6 is 11.6 Å². The number of fused-ring (bicyclic) bond motifs is 1. The monoisotopic (exact) mass is 448 g/mol. The zero-order valence-electron chi connectivity index (χ0n) is 16.8. The van der Waals surface area contributed by atoms with E-state index >= 15 is 0 Å². The van der Waals surface area contributed by atoms with Crippen molar-refractivity contribution in [1.29, 1.82) is 0 Å². The summed E-state index contributed by atoms with van der Waals surface area (Å²) in [6, 6.07) is 11.1. The second kappa shape index (κ2) is 7.92. The fraction of sp³-hybridized carbons (Fsp3) is 0.273. The van der Waals surface area contributed by atoms with Crippen LogP contribution in [0.15, 0.2) is 48.5 Å². The summed E-state index contributed by atoms with van der Waals surface area (Å²) >= 11 is 5.90. The number of nitrogens with one attached hydrogen (secondary N) is 2. The van der Waals surface area contributed by atoms with Gasteiger partial charge in [-0.15, -0.1) is 0 Å². The van der Waals surface area contributed by atoms with Crippen molar-refractivity contribution in [1.82, 2.24) is 9.78 Å². The van der Waals surface area contributed by atoms with E-state index in [1.54, 1.807) is 36.4 Å². The molecule has 0 unspecified atom stereocenters. The number of aryl methyl sites for hydroxylation is 2. The third kappa shape index (κ3) is 4.54. The number of carbonyl (C=O) groups excluding carboxylic acids is 1. The maximum atomic E-state index is 13.8. The molecular formula is C22H20ClF3N4O. The van der Waals surface area contributed by atoms with Gasteiger partial charge in [0.25, 0.3) is 5.91 Å². The van der Waals surface area contributed by atoms with E-state index in [1.165, 1.54) is 6.07 Å². The third-order valence-corrected chi connectivity index (χ3v) is 5.43. The van der Waals surface area contributed by atoms with Crippen LogP contribution in [0.4, 0.5) is 24.7 Å². The summed E-state index contributed by atoms with van der Waals surface area (Å²) < 4.78 is 42.3. The molecule has 1 aliphatic heterocycles. The van der Waals surface area contributed by atoms with Crippen LogP contribution in [0.3, 0.4) is 0 Å². The minimum Gasteiger partial charge on any atom is -0.363 e. The molecule has 3 aromatic rings. The fourth-order valence-corrected chi connectivity index (χ4v) is 3.97.